The lowest BCUT2D eigenvalue weighted by atomic mass is 9.90. The number of rotatable bonds is 5. The first-order valence-electron chi connectivity index (χ1n) is 13.8. The van der Waals surface area contributed by atoms with Gasteiger partial charge < -0.3 is 20.4 Å². The number of nitrogens with one attached hydrogen (secondary N) is 1. The van der Waals surface area contributed by atoms with E-state index in [2.05, 4.69) is 41.8 Å². The topological polar surface area (TPSA) is 114 Å². The molecule has 1 aliphatic heterocycles. The van der Waals surface area contributed by atoms with Crippen LogP contribution in [0.2, 0.25) is 0 Å². The van der Waals surface area contributed by atoms with Gasteiger partial charge in [-0.25, -0.2) is 14.6 Å². The number of hydrogen-bond donors (Lipinski definition) is 2. The van der Waals surface area contributed by atoms with Crippen LogP contribution in [0.1, 0.15) is 31.7 Å². The molecule has 3 N–H and O–H groups in total. The van der Waals surface area contributed by atoms with Gasteiger partial charge in [0.25, 0.3) is 6.01 Å². The molecule has 7 rings (SSSR count). The number of benzene rings is 2. The van der Waals surface area contributed by atoms with E-state index in [0.29, 0.717) is 23.9 Å². The van der Waals surface area contributed by atoms with Crippen LogP contribution in [0, 0.1) is 0 Å². The Morgan fingerprint density at radius 3 is 2.41 bits per heavy atom. The fourth-order valence-electron chi connectivity index (χ4n) is 6.07. The molecule has 39 heavy (non-hydrogen) atoms. The molecule has 0 radical (unpaired) electrons. The zero-order valence-corrected chi connectivity index (χ0v) is 22.1. The second kappa shape index (κ2) is 9.94. The Morgan fingerprint density at radius 1 is 0.897 bits per heavy atom. The van der Waals surface area contributed by atoms with Crippen LogP contribution in [0.15, 0.2) is 59.3 Å². The first kappa shape index (κ1) is 24.1. The quantitative estimate of drug-likeness (QED) is 0.338. The molecule has 0 unspecified atom stereocenters. The largest absolute Gasteiger partial charge is 0.423 e. The smallest absolute Gasteiger partial charge is 0.300 e. The van der Waals surface area contributed by atoms with Crippen molar-refractivity contribution in [1.29, 1.82) is 0 Å². The number of hydrogen-bond acceptors (Lipinski definition) is 9. The van der Waals surface area contributed by atoms with E-state index in [0.717, 1.165) is 65.0 Å². The summed E-state index contributed by atoms with van der Waals surface area (Å²) < 4.78 is 7.91. The molecular weight excluding hydrogens is 490 g/mol. The Kier molecular flexibility index (Phi) is 6.13. The highest BCUT2D eigenvalue weighted by Gasteiger charge is 2.30. The number of nitrogen functional groups attached to an aromatic ring is 1. The van der Waals surface area contributed by atoms with Crippen LogP contribution in [0.5, 0.6) is 0 Å². The molecule has 0 amide bonds. The summed E-state index contributed by atoms with van der Waals surface area (Å²) in [6.45, 7) is 4.65. The third kappa shape index (κ3) is 4.59. The maximum absolute atomic E-state index is 6.39. The van der Waals surface area contributed by atoms with Crippen molar-refractivity contribution < 1.29 is 4.42 Å². The monoisotopic (exact) mass is 523 g/mol. The Bertz CT molecular complexity index is 1560. The second-order valence-electron chi connectivity index (χ2n) is 10.7. The maximum Gasteiger partial charge on any atom is 0.300 e. The van der Waals surface area contributed by atoms with Gasteiger partial charge in [0, 0.05) is 43.5 Å². The number of nitrogens with zero attached hydrogens (tertiary/aromatic N) is 7. The van der Waals surface area contributed by atoms with E-state index in [1.807, 2.05) is 48.5 Å². The molecule has 3 aromatic heterocycles. The second-order valence-corrected chi connectivity index (χ2v) is 10.7. The summed E-state index contributed by atoms with van der Waals surface area (Å²) in [6, 6.07) is 17.2. The maximum atomic E-state index is 6.39. The minimum Gasteiger partial charge on any atom is -0.423 e. The number of fused-ring (bicyclic) bond motifs is 2. The molecule has 5 aromatic rings. The summed E-state index contributed by atoms with van der Waals surface area (Å²) in [5, 5.41) is 9.17. The normalized spacial score (nSPS) is 21.1. The Morgan fingerprint density at radius 2 is 1.64 bits per heavy atom. The van der Waals surface area contributed by atoms with Crippen molar-refractivity contribution >= 4 is 39.7 Å². The summed E-state index contributed by atoms with van der Waals surface area (Å²) >= 11 is 0. The lowest BCUT2D eigenvalue weighted by Crippen LogP contribution is -2.49. The van der Waals surface area contributed by atoms with Gasteiger partial charge in [0.1, 0.15) is 23.4 Å². The van der Waals surface area contributed by atoms with Crippen LogP contribution in [0.25, 0.3) is 33.4 Å². The molecule has 2 aliphatic rings. The van der Waals surface area contributed by atoms with Crippen LogP contribution >= 0.6 is 0 Å². The summed E-state index contributed by atoms with van der Waals surface area (Å²) in [5.41, 5.74) is 11.4. The lowest BCUT2D eigenvalue weighted by Gasteiger charge is -2.41. The third-order valence-corrected chi connectivity index (χ3v) is 8.29. The van der Waals surface area contributed by atoms with Crippen LogP contribution < -0.4 is 11.1 Å². The van der Waals surface area contributed by atoms with Gasteiger partial charge in [-0.05, 0) is 57.0 Å². The van der Waals surface area contributed by atoms with Crippen molar-refractivity contribution in [1.82, 2.24) is 34.5 Å². The van der Waals surface area contributed by atoms with E-state index < -0.39 is 0 Å². The summed E-state index contributed by atoms with van der Waals surface area (Å²) in [4.78, 5) is 18.5. The molecule has 4 heterocycles. The van der Waals surface area contributed by atoms with E-state index in [1.54, 1.807) is 6.33 Å². The number of aromatic nitrogens is 5. The fraction of sp³-hybridized carbons (Fsp3) is 0.379. The minimum absolute atomic E-state index is 0.305. The predicted molar refractivity (Wildman–Crippen MR) is 153 cm³/mol. The lowest BCUT2D eigenvalue weighted by molar-refractivity contribution is 0.0815. The molecule has 10 nitrogen and oxygen atoms in total. The average molecular weight is 524 g/mol. The summed E-state index contributed by atoms with van der Waals surface area (Å²) in [6.07, 6.45) is 6.08. The van der Waals surface area contributed by atoms with Crippen molar-refractivity contribution in [3.8, 4) is 11.3 Å². The zero-order chi connectivity index (χ0) is 26.3. The Hall–Kier alpha value is -4.02. The molecular formula is C29H33N9O. The highest BCUT2D eigenvalue weighted by atomic mass is 16.4. The van der Waals surface area contributed by atoms with Crippen LogP contribution in [-0.4, -0.2) is 73.8 Å². The molecule has 1 saturated carbocycles. The van der Waals surface area contributed by atoms with Crippen molar-refractivity contribution in [2.24, 2.45) is 0 Å². The molecule has 10 heteroatoms. The molecule has 1 saturated heterocycles. The van der Waals surface area contributed by atoms with Crippen LogP contribution in [0.4, 0.5) is 17.5 Å². The van der Waals surface area contributed by atoms with Crippen molar-refractivity contribution in [2.75, 3.05) is 44.3 Å². The van der Waals surface area contributed by atoms with Gasteiger partial charge in [-0.3, -0.25) is 4.90 Å². The molecule has 0 atom stereocenters. The van der Waals surface area contributed by atoms with Gasteiger partial charge in [0.05, 0.1) is 11.4 Å². The van der Waals surface area contributed by atoms with Gasteiger partial charge in [-0.15, -0.1) is 0 Å². The predicted octanol–water partition coefficient (Wildman–Crippen LogP) is 4.69. The Labute approximate surface area is 226 Å². The number of nitrogens with two attached hydrogens (primary N) is 1. The highest BCUT2D eigenvalue weighted by molar-refractivity contribution is 5.98. The zero-order valence-electron chi connectivity index (χ0n) is 22.1. The number of piperazine rings is 1. The summed E-state index contributed by atoms with van der Waals surface area (Å²) in [5.74, 6) is 0.459. The van der Waals surface area contributed by atoms with Gasteiger partial charge in [0.15, 0.2) is 11.2 Å². The molecule has 0 bridgehead atoms. The molecule has 2 aromatic carbocycles. The van der Waals surface area contributed by atoms with Crippen LogP contribution in [-0.2, 0) is 0 Å². The third-order valence-electron chi connectivity index (χ3n) is 8.29. The Balaban J connectivity index is 1.12. The van der Waals surface area contributed by atoms with Gasteiger partial charge >= 0.3 is 0 Å². The van der Waals surface area contributed by atoms with Gasteiger partial charge in [-0.2, -0.15) is 10.1 Å². The number of likely N-dealkylation sites (N-methyl/N-ethyl adjacent to an activating group) is 1. The first-order valence-corrected chi connectivity index (χ1v) is 13.8. The first-order chi connectivity index (χ1) is 19.1. The molecule has 200 valence electrons. The minimum atomic E-state index is 0.305. The van der Waals surface area contributed by atoms with E-state index >= 15 is 0 Å². The van der Waals surface area contributed by atoms with Gasteiger partial charge in [-0.1, -0.05) is 24.3 Å². The number of anilines is 3. The van der Waals surface area contributed by atoms with Crippen molar-refractivity contribution in [2.45, 2.75) is 37.8 Å². The number of oxazole rings is 1. The number of para-hydroxylation sites is 2. The summed E-state index contributed by atoms with van der Waals surface area (Å²) in [7, 11) is 2.21. The van der Waals surface area contributed by atoms with E-state index in [4.69, 9.17) is 15.2 Å². The van der Waals surface area contributed by atoms with Crippen molar-refractivity contribution in [3.63, 3.8) is 0 Å². The molecule has 2 fully saturated rings. The van der Waals surface area contributed by atoms with E-state index in [-0.39, 0.29) is 0 Å². The van der Waals surface area contributed by atoms with Crippen LogP contribution in [0.3, 0.4) is 0 Å². The standard InChI is InChI=1S/C29H33N9O/c1-36-14-16-37(17-15-36)21-10-12-22(13-11-21)38-28-25(27(30)31-18-32-28)26(35-38)19-6-8-20(9-7-19)33-29-34-23-4-2-3-5-24(23)39-29/h2-9,18,21-22H,10-17H2,1H3,(H,33,34)(H2,30,31,32)/t21-,22+. The highest BCUT2D eigenvalue weighted by Crippen LogP contribution is 2.37. The molecule has 0 spiro atoms. The van der Waals surface area contributed by atoms with Crippen molar-refractivity contribution in [3.05, 3.63) is 54.9 Å². The fourth-order valence-corrected chi connectivity index (χ4v) is 6.07. The van der Waals surface area contributed by atoms with Gasteiger partial charge in [0.2, 0.25) is 0 Å². The SMILES string of the molecule is CN1CCN([C@H]2CC[C@@H](n3nc(-c4ccc(Nc5nc6ccccc6o5)cc4)c4c(N)ncnc43)CC2)CC1. The average Bonchev–Trinajstić information content (AvgIpc) is 3.56. The van der Waals surface area contributed by atoms with E-state index in [1.165, 1.54) is 25.9 Å². The van der Waals surface area contributed by atoms with E-state index in [9.17, 15) is 0 Å². The molecule has 1 aliphatic carbocycles.